The summed E-state index contributed by atoms with van der Waals surface area (Å²) in [6, 6.07) is 4.69. The fourth-order valence-electron chi connectivity index (χ4n) is 5.03. The van der Waals surface area contributed by atoms with Crippen molar-refractivity contribution >= 4 is 23.7 Å². The number of likely N-dealkylation sites (N-methyl/N-ethyl adjacent to an activating group) is 1. The minimum absolute atomic E-state index is 0.00398. The topological polar surface area (TPSA) is 123 Å². The second kappa shape index (κ2) is 13.7. The molecule has 3 atom stereocenters. The van der Waals surface area contributed by atoms with Gasteiger partial charge in [0.25, 0.3) is 0 Å². The van der Waals surface area contributed by atoms with Crippen LogP contribution in [0.25, 0.3) is 0 Å². The Morgan fingerprint density at radius 1 is 1.18 bits per heavy atom. The molecule has 10 nitrogen and oxygen atoms in total. The van der Waals surface area contributed by atoms with Crippen LogP contribution in [0.1, 0.15) is 65.4 Å². The minimum Gasteiger partial charge on any atom is -0.488 e. The largest absolute Gasteiger partial charge is 0.488 e. The lowest BCUT2D eigenvalue weighted by Gasteiger charge is -2.34. The molecule has 1 aromatic carbocycles. The number of fused-ring (bicyclic) bond motifs is 1. The molecule has 10 heteroatoms. The van der Waals surface area contributed by atoms with E-state index >= 15 is 0 Å². The Kier molecular flexibility index (Phi) is 10.6. The van der Waals surface area contributed by atoms with E-state index in [0.29, 0.717) is 30.1 Å². The van der Waals surface area contributed by atoms with Crippen LogP contribution >= 0.6 is 0 Å². The summed E-state index contributed by atoms with van der Waals surface area (Å²) in [4.78, 5) is 41.8. The molecule has 4 N–H and O–H groups in total. The van der Waals surface area contributed by atoms with E-state index in [1.54, 1.807) is 35.0 Å². The molecule has 0 unspecified atom stereocenters. The van der Waals surface area contributed by atoms with Crippen molar-refractivity contribution in [3.8, 4) is 5.75 Å². The molecule has 1 fully saturated rings. The van der Waals surface area contributed by atoms with E-state index in [1.807, 2.05) is 27.7 Å². The van der Waals surface area contributed by atoms with Crippen LogP contribution in [0.4, 0.5) is 15.3 Å². The molecule has 0 radical (unpaired) electrons. The van der Waals surface area contributed by atoms with E-state index in [-0.39, 0.29) is 55.0 Å². The van der Waals surface area contributed by atoms with Gasteiger partial charge in [0.05, 0.1) is 25.6 Å². The molecule has 1 aliphatic carbocycles. The molecule has 0 bridgehead atoms. The van der Waals surface area contributed by atoms with Crippen LogP contribution in [0.15, 0.2) is 18.2 Å². The van der Waals surface area contributed by atoms with Crippen LogP contribution in [0.3, 0.4) is 0 Å². The Balaban J connectivity index is 1.83. The molecular formula is C28H45N5O5. The van der Waals surface area contributed by atoms with Gasteiger partial charge in [0.1, 0.15) is 11.9 Å². The number of rotatable bonds is 7. The number of ether oxygens (including phenoxy) is 1. The average molecular weight is 532 g/mol. The highest BCUT2D eigenvalue weighted by Gasteiger charge is 2.32. The van der Waals surface area contributed by atoms with Crippen molar-refractivity contribution in [1.82, 2.24) is 20.4 Å². The molecule has 5 amide bonds. The van der Waals surface area contributed by atoms with Crippen LogP contribution in [-0.4, -0.2) is 83.8 Å². The maximum absolute atomic E-state index is 13.4. The Morgan fingerprint density at radius 3 is 2.55 bits per heavy atom. The fourth-order valence-corrected chi connectivity index (χ4v) is 5.03. The number of aliphatic hydroxyl groups is 1. The van der Waals surface area contributed by atoms with Crippen molar-refractivity contribution in [1.29, 1.82) is 0 Å². The summed E-state index contributed by atoms with van der Waals surface area (Å²) in [5, 5.41) is 18.7. The van der Waals surface area contributed by atoms with Gasteiger partial charge in [0.2, 0.25) is 5.91 Å². The number of hydrogen-bond acceptors (Lipinski definition) is 5. The molecule has 3 rings (SSSR count). The summed E-state index contributed by atoms with van der Waals surface area (Å²) in [5.41, 5.74) is 1.22. The predicted molar refractivity (Wildman–Crippen MR) is 147 cm³/mol. The number of nitrogens with zero attached hydrogens (tertiary/aromatic N) is 2. The van der Waals surface area contributed by atoms with Crippen LogP contribution < -0.4 is 20.7 Å². The third-order valence-electron chi connectivity index (χ3n) is 7.33. The number of carbonyl (C=O) groups is 3. The van der Waals surface area contributed by atoms with Crippen LogP contribution in [0, 0.1) is 5.92 Å². The van der Waals surface area contributed by atoms with Gasteiger partial charge < -0.3 is 35.6 Å². The first-order valence-electron chi connectivity index (χ1n) is 13.9. The second-order valence-electron chi connectivity index (χ2n) is 11.1. The maximum Gasteiger partial charge on any atom is 0.319 e. The van der Waals surface area contributed by atoms with E-state index in [2.05, 4.69) is 16.0 Å². The zero-order valence-corrected chi connectivity index (χ0v) is 23.5. The summed E-state index contributed by atoms with van der Waals surface area (Å²) in [6.07, 6.45) is 5.11. The number of aliphatic hydroxyl groups excluding tert-OH is 1. The van der Waals surface area contributed by atoms with Gasteiger partial charge in [-0.15, -0.1) is 0 Å². The molecule has 38 heavy (non-hydrogen) atoms. The smallest absolute Gasteiger partial charge is 0.319 e. The van der Waals surface area contributed by atoms with Crippen molar-refractivity contribution in [2.24, 2.45) is 5.92 Å². The normalized spacial score (nSPS) is 21.3. The fraction of sp³-hybridized carbons (Fsp3) is 0.679. The van der Waals surface area contributed by atoms with E-state index in [4.69, 9.17) is 4.74 Å². The third-order valence-corrected chi connectivity index (χ3v) is 7.33. The second-order valence-corrected chi connectivity index (χ2v) is 11.1. The lowest BCUT2D eigenvalue weighted by atomic mass is 9.96. The molecule has 1 aliphatic heterocycles. The van der Waals surface area contributed by atoms with Gasteiger partial charge >= 0.3 is 12.1 Å². The summed E-state index contributed by atoms with van der Waals surface area (Å²) in [7, 11) is 1.72. The highest BCUT2D eigenvalue weighted by Crippen LogP contribution is 2.29. The number of carbonyl (C=O) groups excluding carboxylic acids is 3. The summed E-state index contributed by atoms with van der Waals surface area (Å²) in [6.45, 7) is 8.15. The van der Waals surface area contributed by atoms with E-state index in [0.717, 1.165) is 25.7 Å². The number of anilines is 1. The van der Waals surface area contributed by atoms with Crippen molar-refractivity contribution in [2.45, 2.75) is 90.4 Å². The molecule has 1 saturated carbocycles. The molecule has 1 heterocycles. The summed E-state index contributed by atoms with van der Waals surface area (Å²) >= 11 is 0. The first-order valence-corrected chi connectivity index (χ1v) is 13.9. The molecule has 0 spiro atoms. The molecule has 212 valence electrons. The monoisotopic (exact) mass is 531 g/mol. The van der Waals surface area contributed by atoms with E-state index < -0.39 is 6.10 Å². The first-order chi connectivity index (χ1) is 18.1. The maximum atomic E-state index is 13.4. The van der Waals surface area contributed by atoms with Crippen LogP contribution in [-0.2, 0) is 11.2 Å². The lowest BCUT2D eigenvalue weighted by molar-refractivity contribution is -0.134. The summed E-state index contributed by atoms with van der Waals surface area (Å²) < 4.78 is 6.46. The zero-order chi connectivity index (χ0) is 27.8. The number of nitrogens with one attached hydrogen (secondary N) is 3. The quantitative estimate of drug-likeness (QED) is 0.430. The van der Waals surface area contributed by atoms with Gasteiger partial charge in [-0.05, 0) is 51.8 Å². The zero-order valence-electron chi connectivity index (χ0n) is 23.5. The summed E-state index contributed by atoms with van der Waals surface area (Å²) in [5.74, 6) is 0.301. The lowest BCUT2D eigenvalue weighted by Crippen LogP contribution is -2.49. The van der Waals surface area contributed by atoms with Gasteiger partial charge in [-0.1, -0.05) is 26.2 Å². The van der Waals surface area contributed by atoms with Crippen molar-refractivity contribution < 1.29 is 24.2 Å². The number of urea groups is 2. The Morgan fingerprint density at radius 2 is 1.89 bits per heavy atom. The van der Waals surface area contributed by atoms with Gasteiger partial charge in [0.15, 0.2) is 0 Å². The van der Waals surface area contributed by atoms with E-state index in [9.17, 15) is 19.5 Å². The predicted octanol–water partition coefficient (Wildman–Crippen LogP) is 3.34. The standard InChI is InChI=1S/C28H45N5O5/c1-18(2)29-28(37)32(5)16-25-19(3)15-33(20(4)17-34)26(35)14-21-13-23(11-12-24(21)38-25)31-27(36)30-22-9-7-6-8-10-22/h11-13,18-20,22,25,34H,6-10,14-17H2,1-5H3,(H,29,37)(H2,30,31,36)/t19-,20-,25-/m0/s1. The third kappa shape index (κ3) is 8.24. The van der Waals surface area contributed by atoms with Gasteiger partial charge in [-0.3, -0.25) is 4.79 Å². The van der Waals surface area contributed by atoms with E-state index in [1.165, 1.54) is 6.42 Å². The Bertz CT molecular complexity index is 965. The average Bonchev–Trinajstić information content (AvgIpc) is 2.91. The van der Waals surface area contributed by atoms with Crippen molar-refractivity contribution in [2.75, 3.05) is 32.1 Å². The van der Waals surface area contributed by atoms with Gasteiger partial charge in [-0.2, -0.15) is 0 Å². The Hall–Kier alpha value is -3.01. The number of hydrogen-bond donors (Lipinski definition) is 4. The number of amides is 5. The van der Waals surface area contributed by atoms with Gasteiger partial charge in [-0.25, -0.2) is 9.59 Å². The Labute approximate surface area is 226 Å². The van der Waals surface area contributed by atoms with Crippen molar-refractivity contribution in [3.05, 3.63) is 23.8 Å². The minimum atomic E-state index is -0.399. The van der Waals surface area contributed by atoms with Crippen molar-refractivity contribution in [3.63, 3.8) is 0 Å². The SMILES string of the molecule is CC(C)NC(=O)N(C)C[C@@H]1Oc2ccc(NC(=O)NC3CCCCC3)cc2CC(=O)N([C@@H](C)CO)C[C@@H]1C. The molecule has 0 saturated heterocycles. The number of benzene rings is 1. The van der Waals surface area contributed by atoms with Crippen LogP contribution in [0.5, 0.6) is 5.75 Å². The highest BCUT2D eigenvalue weighted by atomic mass is 16.5. The first kappa shape index (κ1) is 29.5. The van der Waals surface area contributed by atoms with Gasteiger partial charge in [0, 0.05) is 42.8 Å². The molecule has 1 aromatic rings. The molecule has 0 aromatic heterocycles. The molecular weight excluding hydrogens is 486 g/mol. The highest BCUT2D eigenvalue weighted by molar-refractivity contribution is 5.90. The van der Waals surface area contributed by atoms with Crippen LogP contribution in [0.2, 0.25) is 0 Å². The molecule has 2 aliphatic rings.